The van der Waals surface area contributed by atoms with Gasteiger partial charge in [-0.2, -0.15) is 0 Å². The van der Waals surface area contributed by atoms with Gasteiger partial charge in [0.25, 0.3) is 5.56 Å². The van der Waals surface area contributed by atoms with E-state index in [1.54, 1.807) is 9.47 Å². The minimum atomic E-state index is -0.952. The minimum Gasteiger partial charge on any atom is -0.455 e. The first kappa shape index (κ1) is 23.6. The monoisotopic (exact) mass is 477 g/mol. The predicted molar refractivity (Wildman–Crippen MR) is 125 cm³/mol. The fraction of sp³-hybridized carbons (Fsp3) is 0.682. The van der Waals surface area contributed by atoms with Crippen molar-refractivity contribution in [3.8, 4) is 0 Å². The lowest BCUT2D eigenvalue weighted by molar-refractivity contribution is -0.154. The molecule has 33 heavy (non-hydrogen) atoms. The van der Waals surface area contributed by atoms with E-state index in [1.807, 2.05) is 6.92 Å². The average molecular weight is 478 g/mol. The molecule has 0 spiro atoms. The number of nitrogens with zero attached hydrogens (tertiary/aromatic N) is 4. The number of ether oxygens (including phenoxy) is 1. The van der Waals surface area contributed by atoms with Gasteiger partial charge in [-0.3, -0.25) is 19.1 Å². The van der Waals surface area contributed by atoms with Crippen LogP contribution in [0.3, 0.4) is 0 Å². The number of aromatic amines is 1. The maximum absolute atomic E-state index is 13.1. The molecular weight excluding hydrogens is 446 g/mol. The molecule has 180 valence electrons. The number of imidazole rings is 1. The number of carbonyl (C=O) groups is 2. The summed E-state index contributed by atoms with van der Waals surface area (Å²) in [7, 11) is 0. The predicted octanol–water partition coefficient (Wildman–Crippen LogP) is 1.84. The topological polar surface area (TPSA) is 119 Å². The first-order valence-electron chi connectivity index (χ1n) is 11.6. The van der Waals surface area contributed by atoms with Gasteiger partial charge in [-0.05, 0) is 25.2 Å². The van der Waals surface area contributed by atoms with Crippen molar-refractivity contribution >= 4 is 34.8 Å². The van der Waals surface area contributed by atoms with E-state index in [2.05, 4.69) is 23.8 Å². The molecule has 10 nitrogen and oxygen atoms in total. The van der Waals surface area contributed by atoms with Crippen LogP contribution in [-0.4, -0.2) is 53.0 Å². The maximum Gasteiger partial charge on any atom is 0.343 e. The zero-order valence-electron chi connectivity index (χ0n) is 19.4. The van der Waals surface area contributed by atoms with Crippen molar-refractivity contribution in [2.24, 2.45) is 5.92 Å². The van der Waals surface area contributed by atoms with E-state index in [1.165, 1.54) is 16.3 Å². The van der Waals surface area contributed by atoms with Gasteiger partial charge in [0.2, 0.25) is 5.91 Å². The molecule has 2 aromatic rings. The summed E-state index contributed by atoms with van der Waals surface area (Å²) in [6.07, 6.45) is 3.24. The van der Waals surface area contributed by atoms with Crippen LogP contribution >= 0.6 is 11.8 Å². The Balaban J connectivity index is 1.68. The highest BCUT2D eigenvalue weighted by molar-refractivity contribution is 8.01. The Hall–Kier alpha value is -2.56. The number of nitrogens with one attached hydrogen (secondary N) is 1. The molecule has 4 heterocycles. The Labute approximate surface area is 195 Å². The SMILES string of the molecule is CCCCn1c(=O)[nH]c(=O)c2c1nc(COC(=O)[C@]13CCC(=O)N1CCS3)n2CCC(C)C. The Morgan fingerprint density at radius 2 is 2.03 bits per heavy atom. The van der Waals surface area contributed by atoms with Crippen LogP contribution in [-0.2, 0) is 34.0 Å². The molecule has 0 radical (unpaired) electrons. The largest absolute Gasteiger partial charge is 0.455 e. The van der Waals surface area contributed by atoms with Gasteiger partial charge in [-0.1, -0.05) is 27.2 Å². The third-order valence-corrected chi connectivity index (χ3v) is 7.81. The van der Waals surface area contributed by atoms with Gasteiger partial charge in [0, 0.05) is 31.8 Å². The summed E-state index contributed by atoms with van der Waals surface area (Å²) >= 11 is 1.45. The molecule has 0 aliphatic carbocycles. The number of H-pyrrole nitrogens is 1. The summed E-state index contributed by atoms with van der Waals surface area (Å²) in [5.41, 5.74) is -0.338. The number of amides is 1. The van der Waals surface area contributed by atoms with Crippen molar-refractivity contribution < 1.29 is 14.3 Å². The third-order valence-electron chi connectivity index (χ3n) is 6.35. The highest BCUT2D eigenvalue weighted by Gasteiger charge is 2.56. The number of hydrogen-bond donors (Lipinski definition) is 1. The van der Waals surface area contributed by atoms with E-state index in [-0.39, 0.29) is 12.5 Å². The number of esters is 1. The number of aromatic nitrogens is 4. The van der Waals surface area contributed by atoms with Gasteiger partial charge in [0.15, 0.2) is 16.0 Å². The fourth-order valence-corrected chi connectivity index (χ4v) is 5.89. The van der Waals surface area contributed by atoms with Crippen molar-refractivity contribution in [2.75, 3.05) is 12.3 Å². The molecule has 0 bridgehead atoms. The van der Waals surface area contributed by atoms with Crippen LogP contribution in [0, 0.1) is 5.92 Å². The second-order valence-corrected chi connectivity index (χ2v) is 10.4. The number of thioether (sulfide) groups is 1. The zero-order valence-corrected chi connectivity index (χ0v) is 20.2. The van der Waals surface area contributed by atoms with Crippen molar-refractivity contribution in [1.29, 1.82) is 0 Å². The highest BCUT2D eigenvalue weighted by atomic mass is 32.2. The molecule has 4 rings (SSSR count). The molecule has 0 unspecified atom stereocenters. The van der Waals surface area contributed by atoms with Crippen molar-refractivity contribution in [3.05, 3.63) is 26.7 Å². The van der Waals surface area contributed by atoms with Crippen LogP contribution in [0.25, 0.3) is 11.2 Å². The molecule has 2 saturated heterocycles. The summed E-state index contributed by atoms with van der Waals surface area (Å²) in [5.74, 6) is 1.04. The Bertz CT molecular complexity index is 1180. The normalized spacial score (nSPS) is 20.2. The van der Waals surface area contributed by atoms with E-state index in [4.69, 9.17) is 4.74 Å². The first-order valence-corrected chi connectivity index (χ1v) is 12.6. The number of rotatable bonds is 9. The number of carbonyl (C=O) groups excluding carboxylic acids is 2. The fourth-order valence-electron chi connectivity index (χ4n) is 4.50. The van der Waals surface area contributed by atoms with E-state index >= 15 is 0 Å². The highest BCUT2D eigenvalue weighted by Crippen LogP contribution is 2.45. The Morgan fingerprint density at radius 1 is 1.24 bits per heavy atom. The molecule has 2 aliphatic rings. The molecule has 2 aromatic heterocycles. The zero-order chi connectivity index (χ0) is 23.8. The standard InChI is InChI=1S/C22H31N5O5S/c1-4-5-9-26-18-17(19(29)24-21(26)31)25(10-7-14(2)3)15(23-18)13-32-20(30)22-8-6-16(28)27(22)11-12-33-22/h14H,4-13H2,1-3H3,(H,24,29,31)/t22-/m1/s1. The molecule has 2 fully saturated rings. The molecule has 1 amide bonds. The van der Waals surface area contributed by atoms with Gasteiger partial charge >= 0.3 is 11.7 Å². The van der Waals surface area contributed by atoms with Crippen LogP contribution in [0.5, 0.6) is 0 Å². The summed E-state index contributed by atoms with van der Waals surface area (Å²) in [5, 5.41) is 0. The van der Waals surface area contributed by atoms with Gasteiger partial charge in [0.05, 0.1) is 0 Å². The van der Waals surface area contributed by atoms with E-state index in [0.717, 1.165) is 19.3 Å². The van der Waals surface area contributed by atoms with Crippen LogP contribution in [0.15, 0.2) is 9.59 Å². The molecule has 1 atom stereocenters. The molecule has 1 N–H and O–H groups in total. The third kappa shape index (κ3) is 4.22. The molecule has 11 heteroatoms. The summed E-state index contributed by atoms with van der Waals surface area (Å²) in [6, 6.07) is 0. The van der Waals surface area contributed by atoms with Crippen molar-refractivity contribution in [1.82, 2.24) is 24.0 Å². The number of hydrogen-bond acceptors (Lipinski definition) is 7. The molecule has 0 aromatic carbocycles. The second kappa shape index (κ2) is 9.36. The number of aryl methyl sites for hydroxylation is 2. The summed E-state index contributed by atoms with van der Waals surface area (Å²) in [6.45, 7) is 7.57. The molecular formula is C22H31N5O5S. The minimum absolute atomic E-state index is 0.0207. The van der Waals surface area contributed by atoms with Gasteiger partial charge in [-0.15, -0.1) is 11.8 Å². The lowest BCUT2D eigenvalue weighted by Crippen LogP contribution is -2.46. The quantitative estimate of drug-likeness (QED) is 0.547. The van der Waals surface area contributed by atoms with Crippen LogP contribution in [0.4, 0.5) is 0 Å². The van der Waals surface area contributed by atoms with E-state index in [9.17, 15) is 19.2 Å². The smallest absolute Gasteiger partial charge is 0.343 e. The van der Waals surface area contributed by atoms with Crippen LogP contribution < -0.4 is 11.2 Å². The van der Waals surface area contributed by atoms with Gasteiger partial charge in [0.1, 0.15) is 12.4 Å². The number of unbranched alkanes of at least 4 members (excludes halogenated alkanes) is 1. The van der Waals surface area contributed by atoms with E-state index < -0.39 is 22.1 Å². The van der Waals surface area contributed by atoms with Gasteiger partial charge in [-0.25, -0.2) is 14.6 Å². The van der Waals surface area contributed by atoms with Crippen molar-refractivity contribution in [3.63, 3.8) is 0 Å². The summed E-state index contributed by atoms with van der Waals surface area (Å²) in [4.78, 5) is 58.2. The Morgan fingerprint density at radius 3 is 2.76 bits per heavy atom. The average Bonchev–Trinajstić information content (AvgIpc) is 3.44. The molecule has 2 aliphatic heterocycles. The first-order chi connectivity index (χ1) is 15.8. The van der Waals surface area contributed by atoms with Crippen LogP contribution in [0.1, 0.15) is 58.7 Å². The lowest BCUT2D eigenvalue weighted by Gasteiger charge is -2.28. The second-order valence-electron chi connectivity index (χ2n) is 9.05. The number of fused-ring (bicyclic) bond motifs is 2. The summed E-state index contributed by atoms with van der Waals surface area (Å²) < 4.78 is 8.95. The maximum atomic E-state index is 13.1. The lowest BCUT2D eigenvalue weighted by atomic mass is 10.1. The van der Waals surface area contributed by atoms with Crippen molar-refractivity contribution in [2.45, 2.75) is 77.4 Å². The molecule has 0 saturated carbocycles. The van der Waals surface area contributed by atoms with E-state index in [0.29, 0.717) is 61.1 Å². The Kier molecular flexibility index (Phi) is 6.69. The van der Waals surface area contributed by atoms with Crippen LogP contribution in [0.2, 0.25) is 0 Å². The van der Waals surface area contributed by atoms with Gasteiger partial charge < -0.3 is 14.2 Å².